The highest BCUT2D eigenvalue weighted by Gasteiger charge is 2.26. The molecule has 1 aliphatic rings. The Labute approximate surface area is 174 Å². The maximum atomic E-state index is 12.2. The van der Waals surface area contributed by atoms with Crippen molar-refractivity contribution in [1.82, 2.24) is 9.80 Å². The van der Waals surface area contributed by atoms with Gasteiger partial charge in [0.2, 0.25) is 0 Å². The Morgan fingerprint density at radius 2 is 1.76 bits per heavy atom. The van der Waals surface area contributed by atoms with Crippen molar-refractivity contribution >= 4 is 33.8 Å². The molecule has 0 N–H and O–H groups in total. The number of piperazine rings is 1. The molecule has 158 valence electrons. The van der Waals surface area contributed by atoms with Crippen LogP contribution in [0.4, 0.5) is 10.5 Å². The molecule has 1 fully saturated rings. The Hall–Kier alpha value is -2.16. The highest BCUT2D eigenvalue weighted by Crippen LogP contribution is 2.27. The summed E-state index contributed by atoms with van der Waals surface area (Å²) in [6.45, 7) is 9.04. The van der Waals surface area contributed by atoms with Crippen molar-refractivity contribution in [3.63, 3.8) is 0 Å². The number of amides is 1. The van der Waals surface area contributed by atoms with Crippen molar-refractivity contribution < 1.29 is 18.3 Å². The smallest absolute Gasteiger partial charge is 0.410 e. The minimum atomic E-state index is -2.37. The van der Waals surface area contributed by atoms with Gasteiger partial charge >= 0.3 is 6.09 Å². The van der Waals surface area contributed by atoms with Crippen LogP contribution in [0.1, 0.15) is 20.8 Å². The van der Waals surface area contributed by atoms with Gasteiger partial charge in [0.1, 0.15) is 5.60 Å². The van der Waals surface area contributed by atoms with Gasteiger partial charge in [-0.3, -0.25) is 9.11 Å². The van der Waals surface area contributed by atoms with E-state index in [9.17, 15) is 13.6 Å². The number of nitrogens with zero attached hydrogens (tertiary/aromatic N) is 3. The average Bonchev–Trinajstić information content (AvgIpc) is 2.67. The minimum absolute atomic E-state index is 0.296. The van der Waals surface area contributed by atoms with Gasteiger partial charge in [-0.15, -0.1) is 0 Å². The Balaban J connectivity index is 1.60. The lowest BCUT2D eigenvalue weighted by atomic mass is 10.1. The standard InChI is InChI=1S/C21H29N3O4S/c1-21(2,3)28-20(25)23-14-11-22(12-15-23)13-16-24(29(26)27)19-10-6-8-17-7-4-5-9-18(17)19/h4-10H,11-16H2,1-3H3,(H,26,27)/p-1. The first-order chi connectivity index (χ1) is 13.7. The van der Waals surface area contributed by atoms with E-state index in [-0.39, 0.29) is 6.09 Å². The third-order valence-corrected chi connectivity index (χ3v) is 5.60. The highest BCUT2D eigenvalue weighted by molar-refractivity contribution is 7.80. The summed E-state index contributed by atoms with van der Waals surface area (Å²) in [6.07, 6.45) is -0.296. The fourth-order valence-corrected chi connectivity index (χ4v) is 3.96. The van der Waals surface area contributed by atoms with Crippen LogP contribution in [-0.2, 0) is 16.0 Å². The Kier molecular flexibility index (Phi) is 6.77. The summed E-state index contributed by atoms with van der Waals surface area (Å²) in [5.74, 6) is 0. The molecule has 1 atom stereocenters. The highest BCUT2D eigenvalue weighted by atomic mass is 32.2. The van der Waals surface area contributed by atoms with E-state index in [0.717, 1.165) is 10.8 Å². The van der Waals surface area contributed by atoms with Gasteiger partial charge in [0.15, 0.2) is 0 Å². The predicted molar refractivity (Wildman–Crippen MR) is 114 cm³/mol. The van der Waals surface area contributed by atoms with E-state index < -0.39 is 16.9 Å². The lowest BCUT2D eigenvalue weighted by Crippen LogP contribution is -2.51. The van der Waals surface area contributed by atoms with E-state index in [1.165, 1.54) is 4.31 Å². The topological polar surface area (TPSA) is 76.2 Å². The number of ether oxygens (including phenoxy) is 1. The molecule has 1 aliphatic heterocycles. The van der Waals surface area contributed by atoms with Gasteiger partial charge in [-0.05, 0) is 32.2 Å². The zero-order valence-electron chi connectivity index (χ0n) is 17.2. The van der Waals surface area contributed by atoms with Crippen molar-refractivity contribution in [2.45, 2.75) is 26.4 Å². The van der Waals surface area contributed by atoms with Crippen molar-refractivity contribution in [2.24, 2.45) is 0 Å². The molecule has 3 rings (SSSR count). The molecule has 0 spiro atoms. The number of hydrogen-bond acceptors (Lipinski definition) is 5. The molecule has 0 radical (unpaired) electrons. The number of benzene rings is 2. The van der Waals surface area contributed by atoms with Gasteiger partial charge < -0.3 is 18.5 Å². The van der Waals surface area contributed by atoms with E-state index in [2.05, 4.69) is 4.90 Å². The normalized spacial score (nSPS) is 16.6. The van der Waals surface area contributed by atoms with E-state index in [4.69, 9.17) is 4.74 Å². The van der Waals surface area contributed by atoms with Gasteiger partial charge in [-0.1, -0.05) is 36.4 Å². The molecule has 29 heavy (non-hydrogen) atoms. The molecule has 2 aromatic rings. The third kappa shape index (κ3) is 5.68. The van der Waals surface area contributed by atoms with Crippen molar-refractivity contribution in [3.8, 4) is 0 Å². The summed E-state index contributed by atoms with van der Waals surface area (Å²) in [4.78, 5) is 16.1. The third-order valence-electron chi connectivity index (χ3n) is 4.86. The van der Waals surface area contributed by atoms with E-state index in [1.54, 1.807) is 4.90 Å². The van der Waals surface area contributed by atoms with Crippen LogP contribution in [0.2, 0.25) is 0 Å². The summed E-state index contributed by atoms with van der Waals surface area (Å²) in [7, 11) is 0. The summed E-state index contributed by atoms with van der Waals surface area (Å²) < 4.78 is 30.7. The molecule has 1 amide bonds. The zero-order chi connectivity index (χ0) is 21.0. The summed E-state index contributed by atoms with van der Waals surface area (Å²) >= 11 is -2.37. The quantitative estimate of drug-likeness (QED) is 0.698. The number of carbonyl (C=O) groups excluding carboxylic acids is 1. The number of fused-ring (bicyclic) bond motifs is 1. The fraction of sp³-hybridized carbons (Fsp3) is 0.476. The Morgan fingerprint density at radius 3 is 2.41 bits per heavy atom. The number of rotatable bonds is 5. The number of carbonyl (C=O) groups is 1. The van der Waals surface area contributed by atoms with Crippen LogP contribution >= 0.6 is 0 Å². The fourth-order valence-electron chi connectivity index (χ4n) is 3.41. The minimum Gasteiger partial charge on any atom is -0.755 e. The Morgan fingerprint density at radius 1 is 1.10 bits per heavy atom. The van der Waals surface area contributed by atoms with Crippen molar-refractivity contribution in [3.05, 3.63) is 42.5 Å². The van der Waals surface area contributed by atoms with Crippen molar-refractivity contribution in [2.75, 3.05) is 43.6 Å². The van der Waals surface area contributed by atoms with E-state index in [0.29, 0.717) is 45.0 Å². The summed E-state index contributed by atoms with van der Waals surface area (Å²) in [6, 6.07) is 13.4. The van der Waals surface area contributed by atoms with Crippen LogP contribution in [0.3, 0.4) is 0 Å². The monoisotopic (exact) mass is 418 g/mol. The lowest BCUT2D eigenvalue weighted by molar-refractivity contribution is 0.0148. The average molecular weight is 419 g/mol. The van der Waals surface area contributed by atoms with Crippen LogP contribution in [0.25, 0.3) is 10.8 Å². The van der Waals surface area contributed by atoms with Crippen LogP contribution in [0, 0.1) is 0 Å². The summed E-state index contributed by atoms with van der Waals surface area (Å²) in [5.41, 5.74) is 0.176. The Bertz CT molecular complexity index is 870. The van der Waals surface area contributed by atoms with Crippen LogP contribution < -0.4 is 4.31 Å². The van der Waals surface area contributed by atoms with Gasteiger partial charge in [0, 0.05) is 55.9 Å². The lowest BCUT2D eigenvalue weighted by Gasteiger charge is -2.37. The van der Waals surface area contributed by atoms with Gasteiger partial charge in [0.05, 0.1) is 5.69 Å². The predicted octanol–water partition coefficient (Wildman–Crippen LogP) is 2.99. The SMILES string of the molecule is CC(C)(C)OC(=O)N1CCN(CCN(c2cccc3ccccc23)S(=O)[O-])CC1. The number of anilines is 1. The summed E-state index contributed by atoms with van der Waals surface area (Å²) in [5, 5.41) is 1.92. The zero-order valence-corrected chi connectivity index (χ0v) is 18.0. The number of hydrogen-bond donors (Lipinski definition) is 0. The molecule has 0 saturated carbocycles. The molecule has 1 unspecified atom stereocenters. The van der Waals surface area contributed by atoms with E-state index in [1.807, 2.05) is 63.2 Å². The molecule has 0 aromatic heterocycles. The van der Waals surface area contributed by atoms with E-state index >= 15 is 0 Å². The molecule has 2 aromatic carbocycles. The second-order valence-corrected chi connectivity index (χ2v) is 9.00. The largest absolute Gasteiger partial charge is 0.755 e. The van der Waals surface area contributed by atoms with Crippen molar-refractivity contribution in [1.29, 1.82) is 0 Å². The van der Waals surface area contributed by atoms with Gasteiger partial charge in [-0.2, -0.15) is 0 Å². The van der Waals surface area contributed by atoms with Gasteiger partial charge in [-0.25, -0.2) is 4.79 Å². The first-order valence-corrected chi connectivity index (χ1v) is 10.8. The maximum Gasteiger partial charge on any atom is 0.410 e. The molecule has 0 bridgehead atoms. The maximum absolute atomic E-state index is 12.2. The molecule has 1 heterocycles. The first kappa shape index (κ1) is 21.5. The first-order valence-electron chi connectivity index (χ1n) is 9.79. The van der Waals surface area contributed by atoms with Crippen LogP contribution in [0.5, 0.6) is 0 Å². The van der Waals surface area contributed by atoms with Crippen LogP contribution in [-0.4, -0.2) is 69.5 Å². The molecule has 7 nitrogen and oxygen atoms in total. The van der Waals surface area contributed by atoms with Crippen LogP contribution in [0.15, 0.2) is 42.5 Å². The second kappa shape index (κ2) is 9.11. The molecule has 0 aliphatic carbocycles. The molecule has 8 heteroatoms. The molecular formula is C21H28N3O4S-. The van der Waals surface area contributed by atoms with Gasteiger partial charge in [0.25, 0.3) is 0 Å². The molecular weight excluding hydrogens is 390 g/mol. The molecule has 1 saturated heterocycles. The second-order valence-electron chi connectivity index (χ2n) is 8.13.